The molecule has 2 aromatic heterocycles. The van der Waals surface area contributed by atoms with Gasteiger partial charge in [-0.05, 0) is 30.5 Å². The summed E-state index contributed by atoms with van der Waals surface area (Å²) >= 11 is 0. The standard InChI is InChI=1S/C19H19N3O2/c1-13(15-8-4-3-5-9-15)12-21-19(23)17-14(2)24-22-18(17)16-10-6-7-11-20-16/h3-11,13H,12H2,1-2H3,(H,21,23)/t13-/m1/s1. The summed E-state index contributed by atoms with van der Waals surface area (Å²) in [7, 11) is 0. The Morgan fingerprint density at radius 3 is 2.62 bits per heavy atom. The molecule has 5 heteroatoms. The number of amides is 1. The van der Waals surface area contributed by atoms with Crippen LogP contribution in [0.2, 0.25) is 0 Å². The molecule has 1 N–H and O–H groups in total. The van der Waals surface area contributed by atoms with E-state index in [0.29, 0.717) is 29.3 Å². The van der Waals surface area contributed by atoms with Crippen molar-refractivity contribution in [1.29, 1.82) is 0 Å². The number of benzene rings is 1. The zero-order valence-corrected chi connectivity index (χ0v) is 13.7. The van der Waals surface area contributed by atoms with Gasteiger partial charge in [0.15, 0.2) is 0 Å². The number of aryl methyl sites for hydroxylation is 1. The van der Waals surface area contributed by atoms with Gasteiger partial charge in [0, 0.05) is 12.7 Å². The van der Waals surface area contributed by atoms with Gasteiger partial charge in [-0.2, -0.15) is 0 Å². The molecule has 0 aliphatic carbocycles. The van der Waals surface area contributed by atoms with Crippen LogP contribution in [0.15, 0.2) is 59.3 Å². The van der Waals surface area contributed by atoms with Gasteiger partial charge in [-0.15, -0.1) is 0 Å². The van der Waals surface area contributed by atoms with E-state index in [0.717, 1.165) is 0 Å². The zero-order valence-electron chi connectivity index (χ0n) is 13.7. The Morgan fingerprint density at radius 2 is 1.92 bits per heavy atom. The number of nitrogens with zero attached hydrogens (tertiary/aromatic N) is 2. The molecule has 24 heavy (non-hydrogen) atoms. The predicted octanol–water partition coefficient (Wildman–Crippen LogP) is 3.58. The van der Waals surface area contributed by atoms with Crippen LogP contribution in [0.5, 0.6) is 0 Å². The Bertz CT molecular complexity index is 813. The molecule has 5 nitrogen and oxygen atoms in total. The molecular weight excluding hydrogens is 302 g/mol. The van der Waals surface area contributed by atoms with Gasteiger partial charge < -0.3 is 9.84 Å². The fraction of sp³-hybridized carbons (Fsp3) is 0.211. The molecule has 0 saturated carbocycles. The second-order valence-corrected chi connectivity index (χ2v) is 5.70. The summed E-state index contributed by atoms with van der Waals surface area (Å²) in [4.78, 5) is 16.9. The fourth-order valence-electron chi connectivity index (χ4n) is 2.55. The number of hydrogen-bond donors (Lipinski definition) is 1. The summed E-state index contributed by atoms with van der Waals surface area (Å²) in [6, 6.07) is 15.6. The number of carbonyl (C=O) groups is 1. The lowest BCUT2D eigenvalue weighted by Crippen LogP contribution is -2.28. The number of hydrogen-bond acceptors (Lipinski definition) is 4. The topological polar surface area (TPSA) is 68.0 Å². The van der Waals surface area contributed by atoms with Gasteiger partial charge in [-0.25, -0.2) is 0 Å². The van der Waals surface area contributed by atoms with Gasteiger partial charge in [0.05, 0.1) is 5.69 Å². The molecule has 0 spiro atoms. The average molecular weight is 321 g/mol. The summed E-state index contributed by atoms with van der Waals surface area (Å²) in [5.41, 5.74) is 2.72. The van der Waals surface area contributed by atoms with Gasteiger partial charge in [0.25, 0.3) is 5.91 Å². The first kappa shape index (κ1) is 15.9. The number of rotatable bonds is 5. The number of pyridine rings is 1. The molecule has 1 atom stereocenters. The minimum absolute atomic E-state index is 0.197. The molecular formula is C19H19N3O2. The van der Waals surface area contributed by atoms with Crippen LogP contribution in [0, 0.1) is 6.92 Å². The smallest absolute Gasteiger partial charge is 0.257 e. The lowest BCUT2D eigenvalue weighted by Gasteiger charge is -2.13. The fourth-order valence-corrected chi connectivity index (χ4v) is 2.55. The quantitative estimate of drug-likeness (QED) is 0.780. The van der Waals surface area contributed by atoms with Gasteiger partial charge in [-0.1, -0.05) is 48.5 Å². The van der Waals surface area contributed by atoms with Crippen molar-refractivity contribution in [1.82, 2.24) is 15.5 Å². The lowest BCUT2D eigenvalue weighted by atomic mass is 10.0. The van der Waals surface area contributed by atoms with Crippen LogP contribution in [0.1, 0.15) is 34.5 Å². The monoisotopic (exact) mass is 321 g/mol. The van der Waals surface area contributed by atoms with E-state index in [9.17, 15) is 4.79 Å². The summed E-state index contributed by atoms with van der Waals surface area (Å²) in [5, 5.41) is 6.96. The third kappa shape index (κ3) is 3.35. The summed E-state index contributed by atoms with van der Waals surface area (Å²) in [6.45, 7) is 4.35. The van der Waals surface area contributed by atoms with E-state index >= 15 is 0 Å². The maximum atomic E-state index is 12.6. The average Bonchev–Trinajstić information content (AvgIpc) is 3.02. The maximum Gasteiger partial charge on any atom is 0.257 e. The zero-order chi connectivity index (χ0) is 16.9. The number of aromatic nitrogens is 2. The van der Waals surface area contributed by atoms with Gasteiger partial charge >= 0.3 is 0 Å². The molecule has 0 fully saturated rings. The van der Waals surface area contributed by atoms with Crippen molar-refractivity contribution in [3.8, 4) is 11.4 Å². The molecule has 0 radical (unpaired) electrons. The molecule has 0 bridgehead atoms. The molecule has 3 aromatic rings. The van der Waals surface area contributed by atoms with Crippen molar-refractivity contribution in [2.24, 2.45) is 0 Å². The lowest BCUT2D eigenvalue weighted by molar-refractivity contribution is 0.0950. The van der Waals surface area contributed by atoms with Crippen molar-refractivity contribution < 1.29 is 9.32 Å². The highest BCUT2D eigenvalue weighted by Gasteiger charge is 2.22. The molecule has 0 aliphatic heterocycles. The van der Waals surface area contributed by atoms with Crippen molar-refractivity contribution in [2.75, 3.05) is 6.54 Å². The normalized spacial score (nSPS) is 11.9. The van der Waals surface area contributed by atoms with E-state index in [4.69, 9.17) is 4.52 Å². The Hall–Kier alpha value is -2.95. The van der Waals surface area contributed by atoms with Gasteiger partial charge in [0.1, 0.15) is 17.0 Å². The maximum absolute atomic E-state index is 12.6. The minimum atomic E-state index is -0.197. The molecule has 0 unspecified atom stereocenters. The van der Waals surface area contributed by atoms with Crippen LogP contribution < -0.4 is 5.32 Å². The predicted molar refractivity (Wildman–Crippen MR) is 91.7 cm³/mol. The molecule has 0 aliphatic rings. The number of carbonyl (C=O) groups excluding carboxylic acids is 1. The third-order valence-corrected chi connectivity index (χ3v) is 3.93. The van der Waals surface area contributed by atoms with E-state index in [1.54, 1.807) is 19.2 Å². The molecule has 1 aromatic carbocycles. The van der Waals surface area contributed by atoms with Crippen LogP contribution in [0.25, 0.3) is 11.4 Å². The highest BCUT2D eigenvalue weighted by Crippen LogP contribution is 2.23. The second-order valence-electron chi connectivity index (χ2n) is 5.70. The van der Waals surface area contributed by atoms with E-state index < -0.39 is 0 Å². The molecule has 1 amide bonds. The van der Waals surface area contributed by atoms with Crippen molar-refractivity contribution in [3.05, 3.63) is 71.6 Å². The number of nitrogens with one attached hydrogen (secondary N) is 1. The van der Waals surface area contributed by atoms with Crippen LogP contribution in [0.3, 0.4) is 0 Å². The first-order chi connectivity index (χ1) is 11.7. The van der Waals surface area contributed by atoms with Crippen LogP contribution >= 0.6 is 0 Å². The van der Waals surface area contributed by atoms with Gasteiger partial charge in [0.2, 0.25) is 0 Å². The Labute approximate surface area is 140 Å². The second kappa shape index (κ2) is 7.08. The first-order valence-electron chi connectivity index (χ1n) is 7.87. The van der Waals surface area contributed by atoms with Crippen molar-refractivity contribution in [3.63, 3.8) is 0 Å². The SMILES string of the molecule is Cc1onc(-c2ccccn2)c1C(=O)NC[C@@H](C)c1ccccc1. The Morgan fingerprint density at radius 1 is 1.17 bits per heavy atom. The van der Waals surface area contributed by atoms with E-state index in [-0.39, 0.29) is 11.8 Å². The summed E-state index contributed by atoms with van der Waals surface area (Å²) in [5.74, 6) is 0.506. The van der Waals surface area contributed by atoms with Crippen LogP contribution in [-0.2, 0) is 0 Å². The Kier molecular flexibility index (Phi) is 4.70. The Balaban J connectivity index is 1.75. The van der Waals surface area contributed by atoms with Crippen LogP contribution in [-0.4, -0.2) is 22.6 Å². The highest BCUT2D eigenvalue weighted by atomic mass is 16.5. The van der Waals surface area contributed by atoms with Crippen LogP contribution in [0.4, 0.5) is 0 Å². The van der Waals surface area contributed by atoms with Crippen molar-refractivity contribution >= 4 is 5.91 Å². The molecule has 3 rings (SSSR count). The molecule has 2 heterocycles. The summed E-state index contributed by atoms with van der Waals surface area (Å²) in [6.07, 6.45) is 1.67. The first-order valence-corrected chi connectivity index (χ1v) is 7.87. The van der Waals surface area contributed by atoms with Crippen molar-refractivity contribution in [2.45, 2.75) is 19.8 Å². The highest BCUT2D eigenvalue weighted by molar-refractivity contribution is 6.00. The van der Waals surface area contributed by atoms with E-state index in [1.807, 2.05) is 30.3 Å². The molecule has 122 valence electrons. The minimum Gasteiger partial charge on any atom is -0.360 e. The molecule has 0 saturated heterocycles. The largest absolute Gasteiger partial charge is 0.360 e. The van der Waals surface area contributed by atoms with Gasteiger partial charge in [-0.3, -0.25) is 9.78 Å². The summed E-state index contributed by atoms with van der Waals surface area (Å²) < 4.78 is 5.21. The van der Waals surface area contributed by atoms with E-state index in [1.165, 1.54) is 5.56 Å². The third-order valence-electron chi connectivity index (χ3n) is 3.93. The van der Waals surface area contributed by atoms with E-state index in [2.05, 4.69) is 34.5 Å².